The first-order valence-corrected chi connectivity index (χ1v) is 26.0. The monoisotopic (exact) mass is 1130 g/mol. The number of rotatable bonds is 34. The number of anilines is 1. The molecule has 6 atom stereocenters. The highest BCUT2D eigenvalue weighted by Crippen LogP contribution is 2.19. The van der Waals surface area contributed by atoms with Crippen molar-refractivity contribution in [3.63, 3.8) is 0 Å². The lowest BCUT2D eigenvalue weighted by molar-refractivity contribution is -0.140. The maximum Gasteiger partial charge on any atom is 0.317 e. The fourth-order valence-corrected chi connectivity index (χ4v) is 8.69. The van der Waals surface area contributed by atoms with Crippen LogP contribution in [0.3, 0.4) is 0 Å². The van der Waals surface area contributed by atoms with Crippen LogP contribution in [0.4, 0.5) is 5.69 Å². The fourth-order valence-electron chi connectivity index (χ4n) is 8.50. The van der Waals surface area contributed by atoms with Gasteiger partial charge in [-0.1, -0.05) is 62.7 Å². The third-order valence-electron chi connectivity index (χ3n) is 12.9. The molecular weight excluding hydrogens is 1050 g/mol. The van der Waals surface area contributed by atoms with Gasteiger partial charge in [-0.15, -0.1) is 0 Å². The van der Waals surface area contributed by atoms with Gasteiger partial charge in [0.2, 0.25) is 23.6 Å². The molecule has 0 bridgehead atoms. The van der Waals surface area contributed by atoms with Gasteiger partial charge in [-0.05, 0) is 60.7 Å². The van der Waals surface area contributed by atoms with Gasteiger partial charge in [0, 0.05) is 76.1 Å². The molecule has 0 aliphatic carbocycles. The van der Waals surface area contributed by atoms with Crippen LogP contribution in [0.2, 0.25) is 0 Å². The number of aliphatic carboxylic acids is 5. The number of nitrogens with zero attached hydrogens (tertiary/aromatic N) is 3. The van der Waals surface area contributed by atoms with Gasteiger partial charge in [0.1, 0.15) is 12.3 Å². The lowest BCUT2D eigenvalue weighted by Gasteiger charge is -2.33. The zero-order valence-electron chi connectivity index (χ0n) is 44.1. The number of thiocarbonyl (C=S) groups is 1. The van der Waals surface area contributed by atoms with Gasteiger partial charge in [0.25, 0.3) is 0 Å². The highest BCUT2D eigenvalue weighted by molar-refractivity contribution is 7.80. The molecule has 1 heterocycles. The summed E-state index contributed by atoms with van der Waals surface area (Å²) in [5.74, 6) is -11.9. The summed E-state index contributed by atoms with van der Waals surface area (Å²) in [4.78, 5) is 154. The molecule has 432 valence electrons. The Balaban J connectivity index is 1.54. The zero-order valence-corrected chi connectivity index (χ0v) is 44.9. The minimum Gasteiger partial charge on any atom is -0.481 e. The van der Waals surface area contributed by atoms with Gasteiger partial charge in [0.05, 0.1) is 51.2 Å². The van der Waals surface area contributed by atoms with Crippen LogP contribution in [0.15, 0.2) is 54.6 Å². The Morgan fingerprint density at radius 3 is 1.90 bits per heavy atom. The molecule has 26 nitrogen and oxygen atoms in total. The molecule has 2 aromatic carbocycles. The summed E-state index contributed by atoms with van der Waals surface area (Å²) < 4.78 is 0. The average molecular weight is 1130 g/mol. The smallest absolute Gasteiger partial charge is 0.317 e. The standard InChI is InChI=1S/C52H71N9O17S/c1-3-32(2)49(51(78)57-40(14-16-44(67)68)41(64)23-35(21-33-7-5-4-6-8-33)50(77)55-37(31-62)24-45(69)70)58-43(66)26-53-42(65)15-13-39(63)25-54-52(79)56-36-11-9-34(10-12-36)22-38-27-60(29-47(73)74)18-17-59(28-46(71)72)19-20-61(38)30-48(75)76/h4-12,31-32,35,37-38,40,49H,3,13-30H2,1-2H3,(H,53,65)(H,55,77)(H,57,78)(H,58,66)(H,67,68)(H,69,70)(H,71,72)(H,73,74)(H,75,76)(H2,54,56,79). The molecule has 1 fully saturated rings. The first-order chi connectivity index (χ1) is 37.4. The van der Waals surface area contributed by atoms with E-state index in [4.69, 9.17) is 17.3 Å². The van der Waals surface area contributed by atoms with Crippen LogP contribution in [0.1, 0.15) is 69.9 Å². The Hall–Kier alpha value is -7.75. The molecule has 4 amide bonds. The number of benzene rings is 2. The number of nitrogens with one attached hydrogen (secondary N) is 6. The highest BCUT2D eigenvalue weighted by atomic mass is 32.1. The van der Waals surface area contributed by atoms with Crippen molar-refractivity contribution in [3.05, 3.63) is 65.7 Å². The number of hydrogen-bond acceptors (Lipinski definition) is 16. The van der Waals surface area contributed by atoms with Crippen molar-refractivity contribution in [2.45, 2.75) is 95.8 Å². The summed E-state index contributed by atoms with van der Waals surface area (Å²) in [6.45, 7) is 2.82. The van der Waals surface area contributed by atoms with Crippen LogP contribution < -0.4 is 31.9 Å². The van der Waals surface area contributed by atoms with Crippen LogP contribution >= 0.6 is 12.2 Å². The molecule has 27 heteroatoms. The predicted octanol–water partition coefficient (Wildman–Crippen LogP) is -0.620. The van der Waals surface area contributed by atoms with Crippen molar-refractivity contribution in [2.24, 2.45) is 11.8 Å². The van der Waals surface area contributed by atoms with Crippen molar-refractivity contribution in [1.82, 2.24) is 41.3 Å². The van der Waals surface area contributed by atoms with Crippen molar-refractivity contribution in [1.29, 1.82) is 0 Å². The molecule has 1 saturated heterocycles. The lowest BCUT2D eigenvalue weighted by Crippen LogP contribution is -2.55. The van der Waals surface area contributed by atoms with Crippen LogP contribution in [0.5, 0.6) is 0 Å². The molecule has 11 N–H and O–H groups in total. The second-order valence-corrected chi connectivity index (χ2v) is 19.6. The number of carbonyl (C=O) groups excluding carboxylic acids is 7. The Labute approximate surface area is 461 Å². The lowest BCUT2D eigenvalue weighted by atomic mass is 9.89. The number of carboxylic acids is 5. The topological polar surface area (TPSA) is 388 Å². The number of aldehydes is 1. The first kappa shape index (κ1) is 65.5. The molecular formula is C52H71N9O17S. The van der Waals surface area contributed by atoms with Gasteiger partial charge < -0.3 is 62.2 Å². The van der Waals surface area contributed by atoms with E-state index in [1.54, 1.807) is 83.1 Å². The van der Waals surface area contributed by atoms with Crippen LogP contribution in [-0.2, 0) is 70.4 Å². The molecule has 79 heavy (non-hydrogen) atoms. The van der Waals surface area contributed by atoms with Gasteiger partial charge in [-0.3, -0.25) is 67.4 Å². The second kappa shape index (κ2) is 34.2. The maximum absolute atomic E-state index is 13.9. The molecule has 1 aliphatic heterocycles. The Morgan fingerprint density at radius 1 is 0.658 bits per heavy atom. The molecule has 0 spiro atoms. The number of amides is 4. The minimum atomic E-state index is -1.45. The van der Waals surface area contributed by atoms with Gasteiger partial charge >= 0.3 is 29.8 Å². The number of carboxylic acid groups (broad SMARTS) is 5. The van der Waals surface area contributed by atoms with Crippen LogP contribution in [0, 0.1) is 11.8 Å². The molecule has 1 aliphatic rings. The number of Topliss-reactive ketones (excluding diaryl/α,β-unsaturated/α-hetero) is 2. The van der Waals surface area contributed by atoms with E-state index in [1.165, 1.54) is 0 Å². The van der Waals surface area contributed by atoms with Crippen LogP contribution in [-0.4, -0.2) is 206 Å². The largest absolute Gasteiger partial charge is 0.481 e. The van der Waals surface area contributed by atoms with E-state index in [0.717, 1.165) is 5.56 Å². The van der Waals surface area contributed by atoms with Crippen molar-refractivity contribution in [3.8, 4) is 0 Å². The Morgan fingerprint density at radius 2 is 1.29 bits per heavy atom. The minimum absolute atomic E-state index is 0.0330. The number of hydrogen-bond donors (Lipinski definition) is 11. The van der Waals surface area contributed by atoms with Crippen molar-refractivity contribution in [2.75, 3.05) is 70.8 Å². The van der Waals surface area contributed by atoms with Gasteiger partial charge in [0.15, 0.2) is 16.7 Å². The van der Waals surface area contributed by atoms with E-state index < -0.39 is 133 Å². The number of ketones is 2. The van der Waals surface area contributed by atoms with E-state index in [9.17, 15) is 78.0 Å². The summed E-state index contributed by atoms with van der Waals surface area (Å²) in [7, 11) is 0. The zero-order chi connectivity index (χ0) is 58.6. The Kier molecular flexibility index (Phi) is 28.4. The summed E-state index contributed by atoms with van der Waals surface area (Å²) in [5, 5.41) is 62.8. The molecule has 3 rings (SSSR count). The number of carbonyl (C=O) groups is 12. The molecule has 0 saturated carbocycles. The molecule has 6 unspecified atom stereocenters. The van der Waals surface area contributed by atoms with Crippen molar-refractivity contribution >= 4 is 94.3 Å². The van der Waals surface area contributed by atoms with Gasteiger partial charge in [-0.2, -0.15) is 0 Å². The highest BCUT2D eigenvalue weighted by Gasteiger charge is 2.34. The molecule has 0 radical (unpaired) electrons. The molecule has 2 aromatic rings. The summed E-state index contributed by atoms with van der Waals surface area (Å²) >= 11 is 5.35. The van der Waals surface area contributed by atoms with Crippen LogP contribution in [0.25, 0.3) is 0 Å². The second-order valence-electron chi connectivity index (χ2n) is 19.2. The maximum atomic E-state index is 13.9. The van der Waals surface area contributed by atoms with E-state index >= 15 is 0 Å². The van der Waals surface area contributed by atoms with Gasteiger partial charge in [-0.25, -0.2) is 0 Å². The van der Waals surface area contributed by atoms with E-state index in [2.05, 4.69) is 31.9 Å². The predicted molar refractivity (Wildman–Crippen MR) is 286 cm³/mol. The van der Waals surface area contributed by atoms with E-state index in [-0.39, 0.29) is 89.6 Å². The first-order valence-electron chi connectivity index (χ1n) is 25.6. The van der Waals surface area contributed by atoms with Crippen molar-refractivity contribution < 1.29 is 83.1 Å². The summed E-state index contributed by atoms with van der Waals surface area (Å²) in [6, 6.07) is 10.9. The average Bonchev–Trinajstić information content (AvgIpc) is 3.46. The molecule has 0 aromatic heterocycles. The quantitative estimate of drug-likeness (QED) is 0.0307. The van der Waals surface area contributed by atoms with E-state index in [0.29, 0.717) is 24.1 Å². The van der Waals surface area contributed by atoms with E-state index in [1.807, 2.05) is 0 Å². The Bertz CT molecular complexity index is 2470. The third kappa shape index (κ3) is 26.0. The third-order valence-corrected chi connectivity index (χ3v) is 13.1. The fraction of sp³-hybridized carbons (Fsp3) is 0.519. The SMILES string of the molecule is CCC(C)C(NC(=O)CNC(=O)CCC(=O)CNC(=S)Nc1ccc(CC2CN(CC(=O)O)CCN(CC(=O)O)CCN2CC(=O)O)cc1)C(=O)NC(CCC(=O)O)C(=O)CC(Cc1ccccc1)C(=O)NC(C=O)CC(=O)O. The summed E-state index contributed by atoms with van der Waals surface area (Å²) in [5.41, 5.74) is 1.95. The summed E-state index contributed by atoms with van der Waals surface area (Å²) in [6.07, 6.45) is -1.86. The normalized spacial score (nSPS) is 16.1.